The molecule has 2 rings (SSSR count). The highest BCUT2D eigenvalue weighted by Gasteiger charge is 2.42. The van der Waals surface area contributed by atoms with Gasteiger partial charge in [-0.25, -0.2) is 4.79 Å². The van der Waals surface area contributed by atoms with Gasteiger partial charge in [0.15, 0.2) is 5.96 Å². The molecule has 0 aromatic rings. The van der Waals surface area contributed by atoms with Crippen molar-refractivity contribution in [1.29, 1.82) is 0 Å². The van der Waals surface area contributed by atoms with E-state index < -0.39 is 5.60 Å². The first-order valence-electron chi connectivity index (χ1n) is 9.35. The van der Waals surface area contributed by atoms with Crippen molar-refractivity contribution in [3.8, 4) is 0 Å². The topological polar surface area (TPSA) is 80.4 Å². The number of guanidine groups is 1. The van der Waals surface area contributed by atoms with Crippen molar-refractivity contribution >= 4 is 36.0 Å². The van der Waals surface area contributed by atoms with Crippen LogP contribution in [0.15, 0.2) is 4.99 Å². The van der Waals surface area contributed by atoms with Gasteiger partial charge in [0.2, 0.25) is 0 Å². The van der Waals surface area contributed by atoms with Crippen LogP contribution in [-0.4, -0.2) is 73.4 Å². The molecule has 0 spiro atoms. The van der Waals surface area contributed by atoms with E-state index in [1.807, 2.05) is 27.7 Å². The third kappa shape index (κ3) is 7.46. The third-order valence-electron chi connectivity index (χ3n) is 4.77. The van der Waals surface area contributed by atoms with E-state index in [-0.39, 0.29) is 30.1 Å². The zero-order valence-corrected chi connectivity index (χ0v) is 19.0. The summed E-state index contributed by atoms with van der Waals surface area (Å²) >= 11 is 0. The molecule has 0 aromatic heterocycles. The van der Waals surface area contributed by atoms with Crippen LogP contribution in [0.3, 0.4) is 0 Å². The Morgan fingerprint density at radius 3 is 2.23 bits per heavy atom. The number of hydrogen-bond donors (Lipinski definition) is 1. The van der Waals surface area contributed by atoms with Crippen molar-refractivity contribution in [3.63, 3.8) is 0 Å². The third-order valence-corrected chi connectivity index (χ3v) is 4.77. The molecule has 0 unspecified atom stereocenters. The van der Waals surface area contributed by atoms with Crippen LogP contribution < -0.4 is 5.73 Å². The Morgan fingerprint density at radius 1 is 1.15 bits per heavy atom. The quantitative estimate of drug-likeness (QED) is 0.273. The number of halogens is 1. The molecule has 1 saturated carbocycles. The Kier molecular flexibility index (Phi) is 8.92. The highest BCUT2D eigenvalue weighted by atomic mass is 127. The Balaban J connectivity index is 0.00000338. The number of carbonyl (C=O) groups is 1. The van der Waals surface area contributed by atoms with E-state index in [2.05, 4.69) is 9.89 Å². The molecule has 8 heteroatoms. The molecule has 0 atom stereocenters. The van der Waals surface area contributed by atoms with Gasteiger partial charge in [0.25, 0.3) is 0 Å². The zero-order chi connectivity index (χ0) is 18.5. The summed E-state index contributed by atoms with van der Waals surface area (Å²) in [6, 6.07) is 0. The molecule has 1 amide bonds. The second-order valence-corrected chi connectivity index (χ2v) is 8.08. The first-order chi connectivity index (χ1) is 11.7. The van der Waals surface area contributed by atoms with Crippen molar-refractivity contribution in [2.45, 2.75) is 52.6 Å². The van der Waals surface area contributed by atoms with E-state index in [1.54, 1.807) is 4.90 Å². The average molecular weight is 482 g/mol. The predicted octanol–water partition coefficient (Wildman–Crippen LogP) is 2.68. The number of nitrogens with zero attached hydrogens (tertiary/aromatic N) is 3. The lowest BCUT2D eigenvalue weighted by Crippen LogP contribution is -2.53. The van der Waals surface area contributed by atoms with Crippen LogP contribution in [0.4, 0.5) is 4.79 Å². The minimum absolute atomic E-state index is 0. The second kappa shape index (κ2) is 9.96. The van der Waals surface area contributed by atoms with Crippen molar-refractivity contribution in [2.24, 2.45) is 16.1 Å². The number of carbonyl (C=O) groups excluding carboxylic acids is 1. The van der Waals surface area contributed by atoms with Crippen LogP contribution in [0.25, 0.3) is 0 Å². The molecule has 2 N–H and O–H groups in total. The Labute approximate surface area is 174 Å². The molecule has 1 aliphatic carbocycles. The lowest BCUT2D eigenvalue weighted by atomic mass is 10.0. The lowest BCUT2D eigenvalue weighted by molar-refractivity contribution is 0.0186. The number of nitrogens with two attached hydrogens (primary N) is 1. The van der Waals surface area contributed by atoms with E-state index in [9.17, 15) is 4.79 Å². The molecular formula is C18H35IN4O3. The monoisotopic (exact) mass is 482 g/mol. The van der Waals surface area contributed by atoms with Gasteiger partial charge in [0.05, 0.1) is 0 Å². The van der Waals surface area contributed by atoms with Gasteiger partial charge in [0, 0.05) is 45.9 Å². The summed E-state index contributed by atoms with van der Waals surface area (Å²) in [6.45, 7) is 12.6. The maximum Gasteiger partial charge on any atom is 0.410 e. The molecule has 2 fully saturated rings. The maximum atomic E-state index is 12.1. The lowest BCUT2D eigenvalue weighted by Gasteiger charge is -2.36. The van der Waals surface area contributed by atoms with Crippen molar-refractivity contribution < 1.29 is 14.3 Å². The van der Waals surface area contributed by atoms with Crippen molar-refractivity contribution in [3.05, 3.63) is 0 Å². The average Bonchev–Trinajstić information content (AvgIpc) is 3.32. The molecule has 0 aromatic carbocycles. The number of amides is 1. The number of rotatable bonds is 6. The molecule has 152 valence electrons. The first kappa shape index (κ1) is 23.3. The van der Waals surface area contributed by atoms with Crippen molar-refractivity contribution in [2.75, 3.05) is 45.9 Å². The zero-order valence-electron chi connectivity index (χ0n) is 16.6. The van der Waals surface area contributed by atoms with Crippen LogP contribution in [-0.2, 0) is 9.47 Å². The van der Waals surface area contributed by atoms with E-state index in [4.69, 9.17) is 15.2 Å². The van der Waals surface area contributed by atoms with Crippen LogP contribution in [0.2, 0.25) is 0 Å². The summed E-state index contributed by atoms with van der Waals surface area (Å²) in [4.78, 5) is 20.5. The number of ether oxygens (including phenoxy) is 2. The number of hydrogen-bond acceptors (Lipinski definition) is 4. The van der Waals surface area contributed by atoms with Crippen LogP contribution >= 0.6 is 24.0 Å². The molecule has 1 heterocycles. The molecule has 26 heavy (non-hydrogen) atoms. The Bertz CT molecular complexity index is 481. The number of piperazine rings is 1. The summed E-state index contributed by atoms with van der Waals surface area (Å²) in [5.74, 6) is 0.589. The van der Waals surface area contributed by atoms with Crippen LogP contribution in [0, 0.1) is 5.41 Å². The smallest absolute Gasteiger partial charge is 0.410 e. The van der Waals surface area contributed by atoms with Crippen LogP contribution in [0.1, 0.15) is 47.0 Å². The SMILES string of the molecule is CCOCCC1(CN=C(N)N2CCN(C(=O)OC(C)(C)C)CC2)CC1.I. The van der Waals surface area contributed by atoms with Gasteiger partial charge in [-0.05, 0) is 52.4 Å². The van der Waals surface area contributed by atoms with Gasteiger partial charge in [-0.3, -0.25) is 4.99 Å². The number of aliphatic imine (C=N–C) groups is 1. The minimum atomic E-state index is -0.464. The van der Waals surface area contributed by atoms with Gasteiger partial charge in [-0.15, -0.1) is 24.0 Å². The van der Waals surface area contributed by atoms with Gasteiger partial charge in [-0.2, -0.15) is 0 Å². The summed E-state index contributed by atoms with van der Waals surface area (Å²) in [5.41, 5.74) is 6.01. The fourth-order valence-electron chi connectivity index (χ4n) is 2.89. The molecular weight excluding hydrogens is 447 g/mol. The van der Waals surface area contributed by atoms with Gasteiger partial charge >= 0.3 is 6.09 Å². The highest BCUT2D eigenvalue weighted by molar-refractivity contribution is 14.0. The fourth-order valence-corrected chi connectivity index (χ4v) is 2.89. The van der Waals surface area contributed by atoms with Crippen LogP contribution in [0.5, 0.6) is 0 Å². The summed E-state index contributed by atoms with van der Waals surface area (Å²) in [7, 11) is 0. The Hall–Kier alpha value is -0.770. The van der Waals surface area contributed by atoms with Gasteiger partial charge < -0.3 is 25.0 Å². The van der Waals surface area contributed by atoms with Gasteiger partial charge in [-0.1, -0.05) is 0 Å². The summed E-state index contributed by atoms with van der Waals surface area (Å²) < 4.78 is 10.9. The predicted molar refractivity (Wildman–Crippen MR) is 114 cm³/mol. The highest BCUT2D eigenvalue weighted by Crippen LogP contribution is 2.49. The maximum absolute atomic E-state index is 12.1. The van der Waals surface area contributed by atoms with Gasteiger partial charge in [0.1, 0.15) is 5.60 Å². The molecule has 0 radical (unpaired) electrons. The summed E-state index contributed by atoms with van der Waals surface area (Å²) in [6.07, 6.45) is 3.23. The van der Waals surface area contributed by atoms with E-state index >= 15 is 0 Å². The fraction of sp³-hybridized carbons (Fsp3) is 0.889. The standard InChI is InChI=1S/C18H34N4O3.HI/c1-5-24-13-8-18(6-7-18)14-20-15(19)21-9-11-22(12-10-21)16(23)25-17(2,3)4;/h5-14H2,1-4H3,(H2,19,20);1H. The largest absolute Gasteiger partial charge is 0.444 e. The molecule has 1 aliphatic heterocycles. The minimum Gasteiger partial charge on any atom is -0.444 e. The molecule has 2 aliphatic rings. The molecule has 1 saturated heterocycles. The first-order valence-corrected chi connectivity index (χ1v) is 9.35. The van der Waals surface area contributed by atoms with E-state index in [1.165, 1.54) is 12.8 Å². The normalized spacial score (nSPS) is 19.8. The van der Waals surface area contributed by atoms with Crippen molar-refractivity contribution in [1.82, 2.24) is 9.80 Å². The molecule has 0 bridgehead atoms. The molecule has 7 nitrogen and oxygen atoms in total. The Morgan fingerprint density at radius 2 is 1.73 bits per heavy atom. The van der Waals surface area contributed by atoms with E-state index in [0.29, 0.717) is 37.6 Å². The van der Waals surface area contributed by atoms with E-state index in [0.717, 1.165) is 26.2 Å². The second-order valence-electron chi connectivity index (χ2n) is 8.08. The summed E-state index contributed by atoms with van der Waals surface area (Å²) in [5, 5.41) is 0.